The fourth-order valence-corrected chi connectivity index (χ4v) is 2.81. The molecule has 0 saturated heterocycles. The van der Waals surface area contributed by atoms with Gasteiger partial charge >= 0.3 is 0 Å². The Morgan fingerprint density at radius 2 is 1.41 bits per heavy atom. The number of nitrogens with zero attached hydrogens (tertiary/aromatic N) is 6. The highest BCUT2D eigenvalue weighted by Gasteiger charge is 1.93. The van der Waals surface area contributed by atoms with Crippen molar-refractivity contribution < 1.29 is 0 Å². The topological polar surface area (TPSA) is 93.1 Å². The van der Waals surface area contributed by atoms with E-state index in [-0.39, 0.29) is 5.28 Å². The third kappa shape index (κ3) is 12.7. The molecular formula is C20H20Cl5N7. The summed E-state index contributed by atoms with van der Waals surface area (Å²) in [7, 11) is 0. The van der Waals surface area contributed by atoms with Crippen molar-refractivity contribution in [3.05, 3.63) is 91.4 Å². The van der Waals surface area contributed by atoms with Crippen molar-refractivity contribution in [2.75, 3.05) is 0 Å². The molecule has 0 aromatic carbocycles. The minimum Gasteiger partial charge on any atom is -0.263 e. The maximum atomic E-state index is 5.65. The van der Waals surface area contributed by atoms with Crippen molar-refractivity contribution in [3.8, 4) is 0 Å². The van der Waals surface area contributed by atoms with Crippen LogP contribution in [-0.4, -0.2) is 35.1 Å². The molecule has 0 radical (unpaired) electrons. The molecule has 0 amide bonds. The molecule has 0 saturated carbocycles. The van der Waals surface area contributed by atoms with E-state index in [0.29, 0.717) is 15.6 Å². The van der Waals surface area contributed by atoms with Crippen LogP contribution in [0.25, 0.3) is 0 Å². The number of aromatic amines is 1. The average molecular weight is 536 g/mol. The Morgan fingerprint density at radius 1 is 0.750 bits per heavy atom. The van der Waals surface area contributed by atoms with Crippen LogP contribution in [0, 0.1) is 27.7 Å². The van der Waals surface area contributed by atoms with Gasteiger partial charge in [-0.1, -0.05) is 34.8 Å². The van der Waals surface area contributed by atoms with Crippen molar-refractivity contribution in [1.82, 2.24) is 35.1 Å². The Balaban J connectivity index is 0.000000214. The zero-order valence-electron chi connectivity index (χ0n) is 17.6. The minimum absolute atomic E-state index is 0.275. The van der Waals surface area contributed by atoms with Gasteiger partial charge in [-0.2, -0.15) is 0 Å². The van der Waals surface area contributed by atoms with Crippen LogP contribution in [0.3, 0.4) is 0 Å². The first-order valence-electron chi connectivity index (χ1n) is 8.92. The van der Waals surface area contributed by atoms with Crippen LogP contribution in [0.15, 0.2) is 42.9 Å². The summed E-state index contributed by atoms with van der Waals surface area (Å²) in [6, 6.07) is 7.19. The van der Waals surface area contributed by atoms with Crippen LogP contribution >= 0.6 is 58.0 Å². The summed E-state index contributed by atoms with van der Waals surface area (Å²) >= 11 is 27.5. The molecule has 0 aliphatic rings. The van der Waals surface area contributed by atoms with Gasteiger partial charge in [0.2, 0.25) is 10.6 Å². The number of H-pyrrole nitrogens is 1. The lowest BCUT2D eigenvalue weighted by atomic mass is 10.3. The number of aromatic nitrogens is 7. The van der Waals surface area contributed by atoms with Gasteiger partial charge in [-0.25, -0.2) is 19.9 Å². The second-order valence-electron chi connectivity index (χ2n) is 6.07. The molecule has 0 aliphatic heterocycles. The van der Waals surface area contributed by atoms with E-state index in [1.807, 2.05) is 26.8 Å². The van der Waals surface area contributed by atoms with E-state index < -0.39 is 0 Å². The highest BCUT2D eigenvalue weighted by Crippen LogP contribution is 2.13. The maximum absolute atomic E-state index is 5.65. The van der Waals surface area contributed by atoms with Crippen LogP contribution in [0.1, 0.15) is 22.6 Å². The zero-order chi connectivity index (χ0) is 24.1. The molecule has 4 rings (SSSR count). The predicted octanol–water partition coefficient (Wildman–Crippen LogP) is 6.95. The highest BCUT2D eigenvalue weighted by atomic mass is 35.5. The average Bonchev–Trinajstić information content (AvgIpc) is 3.07. The van der Waals surface area contributed by atoms with E-state index in [2.05, 4.69) is 35.1 Å². The molecule has 7 nitrogen and oxygen atoms in total. The van der Waals surface area contributed by atoms with E-state index >= 15 is 0 Å². The minimum atomic E-state index is 0.275. The smallest absolute Gasteiger partial charge is 0.242 e. The van der Waals surface area contributed by atoms with E-state index in [4.69, 9.17) is 58.0 Å². The fraction of sp³-hybridized carbons (Fsp3) is 0.200. The number of hydrogen-bond donors (Lipinski definition) is 1. The van der Waals surface area contributed by atoms with E-state index in [1.54, 1.807) is 43.7 Å². The predicted molar refractivity (Wildman–Crippen MR) is 131 cm³/mol. The summed E-state index contributed by atoms with van der Waals surface area (Å²) in [5.74, 6) is 0.741. The summed E-state index contributed by atoms with van der Waals surface area (Å²) in [6.07, 6.45) is 4.99. The molecule has 12 heteroatoms. The number of aryl methyl sites for hydroxylation is 4. The number of hydrogen-bond acceptors (Lipinski definition) is 6. The van der Waals surface area contributed by atoms with Gasteiger partial charge in [-0.3, -0.25) is 10.1 Å². The lowest BCUT2D eigenvalue weighted by Crippen LogP contribution is -1.82. The zero-order valence-corrected chi connectivity index (χ0v) is 21.4. The fourth-order valence-electron chi connectivity index (χ4n) is 1.76. The molecule has 0 spiro atoms. The van der Waals surface area contributed by atoms with Gasteiger partial charge in [-0.15, -0.1) is 5.10 Å². The van der Waals surface area contributed by atoms with Gasteiger partial charge < -0.3 is 0 Å². The number of halogens is 5. The van der Waals surface area contributed by atoms with Gasteiger partial charge in [0, 0.05) is 24.3 Å². The van der Waals surface area contributed by atoms with Gasteiger partial charge in [0.05, 0.1) is 5.02 Å². The van der Waals surface area contributed by atoms with Crippen LogP contribution in [0.2, 0.25) is 25.9 Å². The van der Waals surface area contributed by atoms with Crippen molar-refractivity contribution in [2.24, 2.45) is 0 Å². The van der Waals surface area contributed by atoms with Crippen molar-refractivity contribution in [2.45, 2.75) is 27.7 Å². The Bertz CT molecular complexity index is 1000. The Hall–Kier alpha value is -2.03. The van der Waals surface area contributed by atoms with Crippen LogP contribution in [-0.2, 0) is 0 Å². The van der Waals surface area contributed by atoms with Crippen molar-refractivity contribution in [3.63, 3.8) is 0 Å². The van der Waals surface area contributed by atoms with Crippen LogP contribution in [0.5, 0.6) is 0 Å². The molecule has 0 bridgehead atoms. The van der Waals surface area contributed by atoms with Gasteiger partial charge in [-0.05, 0) is 86.3 Å². The van der Waals surface area contributed by atoms with Gasteiger partial charge in [0.15, 0.2) is 0 Å². The molecule has 4 aromatic heterocycles. The largest absolute Gasteiger partial charge is 0.263 e. The SMILES string of the molecule is Cc1cc(Cl)nc(Cl)c1.Cc1ccnc(Cl)n1.Cc1ccncc1Cl.Cc1nc(Cl)n[nH]1. The quantitative estimate of drug-likeness (QED) is 0.194. The van der Waals surface area contributed by atoms with Gasteiger partial charge in [0.25, 0.3) is 0 Å². The van der Waals surface area contributed by atoms with Crippen LogP contribution < -0.4 is 0 Å². The summed E-state index contributed by atoms with van der Waals surface area (Å²) < 4.78 is 0. The molecule has 170 valence electrons. The number of pyridine rings is 2. The molecule has 0 aliphatic carbocycles. The molecule has 4 heterocycles. The molecule has 0 atom stereocenters. The van der Waals surface area contributed by atoms with E-state index in [0.717, 1.165) is 27.7 Å². The summed E-state index contributed by atoms with van der Waals surface area (Å²) in [5, 5.41) is 8.32. The first-order chi connectivity index (χ1) is 15.1. The first-order valence-corrected chi connectivity index (χ1v) is 10.8. The second-order valence-corrected chi connectivity index (χ2v) is 7.93. The van der Waals surface area contributed by atoms with E-state index in [9.17, 15) is 0 Å². The third-order valence-corrected chi connectivity index (χ3v) is 4.35. The number of rotatable bonds is 0. The third-order valence-electron chi connectivity index (χ3n) is 3.22. The van der Waals surface area contributed by atoms with Crippen molar-refractivity contribution >= 4 is 58.0 Å². The summed E-state index contributed by atoms with van der Waals surface area (Å²) in [5.41, 5.74) is 2.99. The lowest BCUT2D eigenvalue weighted by Gasteiger charge is -1.92. The molecule has 1 N–H and O–H groups in total. The summed E-state index contributed by atoms with van der Waals surface area (Å²) in [4.78, 5) is 18.8. The Kier molecular flexibility index (Phi) is 13.1. The normalized spacial score (nSPS) is 9.41. The molecular weight excluding hydrogens is 516 g/mol. The van der Waals surface area contributed by atoms with Crippen LogP contribution in [0.4, 0.5) is 0 Å². The summed E-state index contributed by atoms with van der Waals surface area (Å²) in [6.45, 7) is 7.52. The Labute approximate surface area is 211 Å². The maximum Gasteiger partial charge on any atom is 0.242 e. The highest BCUT2D eigenvalue weighted by molar-refractivity contribution is 6.32. The Morgan fingerprint density at radius 3 is 1.72 bits per heavy atom. The van der Waals surface area contributed by atoms with E-state index in [1.165, 1.54) is 0 Å². The second kappa shape index (κ2) is 14.9. The molecule has 32 heavy (non-hydrogen) atoms. The molecule has 0 unspecified atom stereocenters. The monoisotopic (exact) mass is 533 g/mol. The standard InChI is InChI=1S/C6H5Cl2N.C6H6ClN.C5H5ClN2.C3H4ClN3/c1-4-2-5(7)9-6(8)3-4;1-5-2-3-8-4-6(5)7;1-4-2-3-7-5(6)8-4;1-2-5-3(4)7-6-2/h2-3H,1H3;2-4H,1H3;2-3H,1H3;1H3,(H,5,6,7). The number of nitrogens with one attached hydrogen (secondary N) is 1. The van der Waals surface area contributed by atoms with Gasteiger partial charge in [0.1, 0.15) is 16.1 Å². The molecule has 4 aromatic rings. The lowest BCUT2D eigenvalue weighted by molar-refractivity contribution is 1.04. The molecule has 0 fully saturated rings. The first kappa shape index (κ1) is 28.0. The van der Waals surface area contributed by atoms with Crippen molar-refractivity contribution in [1.29, 1.82) is 0 Å².